The number of likely N-dealkylation sites (tertiary alicyclic amines) is 1. The first-order valence-corrected chi connectivity index (χ1v) is 13.0. The molecule has 8 heteroatoms. The zero-order chi connectivity index (χ0) is 27.2. The molecule has 0 bridgehead atoms. The molecular weight excluding hydrogens is 482 g/mol. The van der Waals surface area contributed by atoms with Gasteiger partial charge in [0.05, 0.1) is 24.8 Å². The van der Waals surface area contributed by atoms with E-state index < -0.39 is 17.7 Å². The number of carbonyl (C=O) groups is 2. The Kier molecular flexibility index (Phi) is 8.86. The number of morpholine rings is 1. The lowest BCUT2D eigenvalue weighted by molar-refractivity contribution is -0.140. The fraction of sp³-hybridized carbons (Fsp3) is 0.400. The number of benzene rings is 2. The molecule has 1 amide bonds. The fourth-order valence-corrected chi connectivity index (χ4v) is 4.96. The Morgan fingerprint density at radius 2 is 1.84 bits per heavy atom. The molecule has 1 N–H and O–H groups in total. The summed E-state index contributed by atoms with van der Waals surface area (Å²) < 4.78 is 11.1. The third kappa shape index (κ3) is 5.92. The van der Waals surface area contributed by atoms with Gasteiger partial charge in [-0.05, 0) is 54.8 Å². The number of anilines is 1. The van der Waals surface area contributed by atoms with Crippen LogP contribution in [0.15, 0.2) is 60.7 Å². The number of nitrogens with zero attached hydrogens (tertiary/aromatic N) is 3. The highest BCUT2D eigenvalue weighted by Crippen LogP contribution is 2.40. The number of aliphatic hydroxyl groups excluding tert-OH is 1. The van der Waals surface area contributed by atoms with E-state index in [0.29, 0.717) is 44.1 Å². The summed E-state index contributed by atoms with van der Waals surface area (Å²) in [6.45, 7) is 10.3. The molecule has 0 aromatic heterocycles. The van der Waals surface area contributed by atoms with Crippen molar-refractivity contribution in [1.29, 1.82) is 0 Å². The molecule has 2 aromatic rings. The van der Waals surface area contributed by atoms with Crippen LogP contribution in [0.25, 0.3) is 5.76 Å². The van der Waals surface area contributed by atoms with Gasteiger partial charge in [0.25, 0.3) is 11.7 Å². The SMILES string of the molecule is C=CCOc1ccc(C(O)=C2C(=O)C(=O)N(CCCN3CCOCC3)C2c2ccc(N(C)C)cc2)cc1C. The molecule has 0 radical (unpaired) electrons. The van der Waals surface area contributed by atoms with E-state index in [1.165, 1.54) is 0 Å². The maximum Gasteiger partial charge on any atom is 0.295 e. The van der Waals surface area contributed by atoms with Gasteiger partial charge < -0.3 is 24.4 Å². The van der Waals surface area contributed by atoms with Gasteiger partial charge in [-0.25, -0.2) is 0 Å². The van der Waals surface area contributed by atoms with Crippen molar-refractivity contribution in [1.82, 2.24) is 9.80 Å². The zero-order valence-corrected chi connectivity index (χ0v) is 22.5. The predicted octanol–water partition coefficient (Wildman–Crippen LogP) is 3.77. The van der Waals surface area contributed by atoms with Gasteiger partial charge in [-0.1, -0.05) is 24.8 Å². The van der Waals surface area contributed by atoms with E-state index in [-0.39, 0.29) is 11.3 Å². The summed E-state index contributed by atoms with van der Waals surface area (Å²) in [6.07, 6.45) is 2.38. The molecule has 1 atom stereocenters. The van der Waals surface area contributed by atoms with Crippen molar-refractivity contribution in [2.24, 2.45) is 0 Å². The van der Waals surface area contributed by atoms with E-state index in [1.807, 2.05) is 50.2 Å². The number of Topliss-reactive ketones (excluding diaryl/α,β-unsaturated/α-hetero) is 1. The van der Waals surface area contributed by atoms with Crippen molar-refractivity contribution in [2.45, 2.75) is 19.4 Å². The molecule has 2 heterocycles. The second-order valence-electron chi connectivity index (χ2n) is 9.87. The van der Waals surface area contributed by atoms with Crippen LogP contribution < -0.4 is 9.64 Å². The smallest absolute Gasteiger partial charge is 0.295 e. The minimum Gasteiger partial charge on any atom is -0.507 e. The van der Waals surface area contributed by atoms with Crippen LogP contribution in [0, 0.1) is 6.92 Å². The Labute approximate surface area is 224 Å². The first-order chi connectivity index (χ1) is 18.3. The number of amides is 1. The Hall–Kier alpha value is -3.62. The van der Waals surface area contributed by atoms with Crippen LogP contribution >= 0.6 is 0 Å². The van der Waals surface area contributed by atoms with Crippen molar-refractivity contribution < 1.29 is 24.2 Å². The molecule has 0 aliphatic carbocycles. The van der Waals surface area contributed by atoms with Gasteiger partial charge >= 0.3 is 0 Å². The van der Waals surface area contributed by atoms with Crippen LogP contribution in [-0.2, 0) is 14.3 Å². The summed E-state index contributed by atoms with van der Waals surface area (Å²) in [4.78, 5) is 32.6. The molecule has 2 saturated heterocycles. The predicted molar refractivity (Wildman–Crippen MR) is 149 cm³/mol. The van der Waals surface area contributed by atoms with E-state index >= 15 is 0 Å². The third-order valence-corrected chi connectivity index (χ3v) is 7.05. The average Bonchev–Trinajstić information content (AvgIpc) is 3.17. The van der Waals surface area contributed by atoms with Crippen LogP contribution in [0.2, 0.25) is 0 Å². The minimum absolute atomic E-state index is 0.109. The van der Waals surface area contributed by atoms with Crippen LogP contribution in [0.1, 0.15) is 29.2 Å². The molecule has 0 saturated carbocycles. The van der Waals surface area contributed by atoms with Gasteiger partial charge in [-0.3, -0.25) is 14.5 Å². The number of ketones is 1. The summed E-state index contributed by atoms with van der Waals surface area (Å²) in [5.41, 5.74) is 3.17. The maximum atomic E-state index is 13.4. The van der Waals surface area contributed by atoms with Crippen molar-refractivity contribution >= 4 is 23.1 Å². The quantitative estimate of drug-likeness (QED) is 0.221. The van der Waals surface area contributed by atoms with E-state index in [0.717, 1.165) is 36.4 Å². The van der Waals surface area contributed by atoms with E-state index in [2.05, 4.69) is 11.5 Å². The van der Waals surface area contributed by atoms with Gasteiger partial charge in [0.1, 0.15) is 18.1 Å². The molecular formula is C30H37N3O5. The first-order valence-electron chi connectivity index (χ1n) is 13.0. The average molecular weight is 520 g/mol. The topological polar surface area (TPSA) is 82.5 Å². The second kappa shape index (κ2) is 12.3. The second-order valence-corrected chi connectivity index (χ2v) is 9.87. The van der Waals surface area contributed by atoms with Crippen molar-refractivity contribution in [2.75, 3.05) is 65.0 Å². The molecule has 0 spiro atoms. The van der Waals surface area contributed by atoms with Gasteiger partial charge in [-0.15, -0.1) is 0 Å². The molecule has 8 nitrogen and oxygen atoms in total. The van der Waals surface area contributed by atoms with Gasteiger partial charge in [-0.2, -0.15) is 0 Å². The van der Waals surface area contributed by atoms with Gasteiger partial charge in [0.15, 0.2) is 0 Å². The number of ether oxygens (including phenoxy) is 2. The Balaban J connectivity index is 1.68. The standard InChI is InChI=1S/C30H37N3O5/c1-5-17-38-25-12-9-23(20-21(25)2)28(34)26-27(22-7-10-24(11-8-22)31(3)4)33(30(36)29(26)35)14-6-13-32-15-18-37-19-16-32/h5,7-12,20,27,34H,1,6,13-19H2,2-4H3. The highest BCUT2D eigenvalue weighted by molar-refractivity contribution is 6.46. The van der Waals surface area contributed by atoms with Crippen molar-refractivity contribution in [3.63, 3.8) is 0 Å². The number of carbonyl (C=O) groups excluding carboxylic acids is 2. The maximum absolute atomic E-state index is 13.4. The van der Waals surface area contributed by atoms with Crippen LogP contribution in [-0.4, -0.2) is 86.7 Å². The number of rotatable bonds is 10. The molecule has 1 unspecified atom stereocenters. The molecule has 38 heavy (non-hydrogen) atoms. The number of hydrogen-bond donors (Lipinski definition) is 1. The minimum atomic E-state index is -0.673. The highest BCUT2D eigenvalue weighted by Gasteiger charge is 2.45. The summed E-state index contributed by atoms with van der Waals surface area (Å²) >= 11 is 0. The fourth-order valence-electron chi connectivity index (χ4n) is 4.96. The number of aryl methyl sites for hydroxylation is 1. The van der Waals surface area contributed by atoms with Gasteiger partial charge in [0.2, 0.25) is 0 Å². The summed E-state index contributed by atoms with van der Waals surface area (Å²) in [7, 11) is 3.91. The van der Waals surface area contributed by atoms with Crippen molar-refractivity contribution in [3.05, 3.63) is 77.4 Å². The lowest BCUT2D eigenvalue weighted by atomic mass is 9.94. The molecule has 2 aliphatic rings. The highest BCUT2D eigenvalue weighted by atomic mass is 16.5. The summed E-state index contributed by atoms with van der Waals surface area (Å²) in [5.74, 6) is -0.766. The van der Waals surface area contributed by atoms with E-state index in [4.69, 9.17) is 9.47 Å². The monoisotopic (exact) mass is 519 g/mol. The van der Waals surface area contributed by atoms with Crippen LogP contribution in [0.5, 0.6) is 5.75 Å². The van der Waals surface area contributed by atoms with Crippen molar-refractivity contribution in [3.8, 4) is 5.75 Å². The Bertz CT molecular complexity index is 1200. The number of hydrogen-bond acceptors (Lipinski definition) is 7. The lowest BCUT2D eigenvalue weighted by Gasteiger charge is -2.29. The van der Waals surface area contributed by atoms with Gasteiger partial charge in [0, 0.05) is 51.5 Å². The third-order valence-electron chi connectivity index (χ3n) is 7.05. The summed E-state index contributed by atoms with van der Waals surface area (Å²) in [5, 5.41) is 11.4. The Morgan fingerprint density at radius 3 is 2.47 bits per heavy atom. The molecule has 4 rings (SSSR count). The molecule has 2 aliphatic heterocycles. The molecule has 202 valence electrons. The lowest BCUT2D eigenvalue weighted by Crippen LogP contribution is -2.38. The normalized spacial score (nSPS) is 19.6. The summed E-state index contributed by atoms with van der Waals surface area (Å²) in [6, 6.07) is 12.3. The Morgan fingerprint density at radius 1 is 1.13 bits per heavy atom. The van der Waals surface area contributed by atoms with Crippen LogP contribution in [0.4, 0.5) is 5.69 Å². The largest absolute Gasteiger partial charge is 0.507 e. The van der Waals surface area contributed by atoms with E-state index in [1.54, 1.807) is 29.2 Å². The van der Waals surface area contributed by atoms with Crippen LogP contribution in [0.3, 0.4) is 0 Å². The first kappa shape index (κ1) is 27.4. The molecule has 2 aromatic carbocycles. The molecule has 2 fully saturated rings. The number of aliphatic hydroxyl groups is 1. The van der Waals surface area contributed by atoms with E-state index in [9.17, 15) is 14.7 Å². The zero-order valence-electron chi connectivity index (χ0n) is 22.5.